The number of alkyl halides is 1. The largest absolute Gasteiger partial charge is 0.493 e. The number of nitrogens with zero attached hydrogens (tertiary/aromatic N) is 1. The van der Waals surface area contributed by atoms with E-state index in [1.165, 1.54) is 18.4 Å². The zero-order valence-corrected chi connectivity index (χ0v) is 22.0. The summed E-state index contributed by atoms with van der Waals surface area (Å²) in [6.45, 7) is 3.88. The van der Waals surface area contributed by atoms with Gasteiger partial charge in [-0.1, -0.05) is 35.9 Å². The first kappa shape index (κ1) is 23.1. The maximum atomic E-state index is 13.3. The van der Waals surface area contributed by atoms with Gasteiger partial charge in [0, 0.05) is 18.2 Å². The Kier molecular flexibility index (Phi) is 4.96. The first-order valence-corrected chi connectivity index (χ1v) is 14.5. The fraction of sp³-hybridized carbons (Fsp3) is 0.500. The Labute approximate surface area is 217 Å². The van der Waals surface area contributed by atoms with Crippen LogP contribution in [0.5, 0.6) is 11.5 Å². The molecule has 2 bridgehead atoms. The first-order chi connectivity index (χ1) is 17.3. The Balaban J connectivity index is 1.35. The Bertz CT molecular complexity index is 1370. The average molecular weight is 528 g/mol. The number of methoxy groups -OCH3 is 1. The number of benzene rings is 2. The molecule has 36 heavy (non-hydrogen) atoms. The second kappa shape index (κ2) is 7.73. The minimum atomic E-state index is -4.01. The van der Waals surface area contributed by atoms with Crippen molar-refractivity contribution in [2.75, 3.05) is 20.2 Å². The molecule has 1 saturated heterocycles. The molecule has 2 aliphatic heterocycles. The number of hydrogen-bond acceptors (Lipinski definition) is 6. The highest BCUT2D eigenvalue weighted by molar-refractivity contribution is 7.86. The molecule has 8 heteroatoms. The van der Waals surface area contributed by atoms with E-state index >= 15 is 0 Å². The summed E-state index contributed by atoms with van der Waals surface area (Å²) in [6.07, 6.45) is 6.64. The second-order valence-corrected chi connectivity index (χ2v) is 13.2. The van der Waals surface area contributed by atoms with Crippen LogP contribution in [0.2, 0.25) is 0 Å². The zero-order valence-electron chi connectivity index (χ0n) is 20.4. The summed E-state index contributed by atoms with van der Waals surface area (Å²) in [5.74, 6) is 2.09. The fourth-order valence-corrected chi connectivity index (χ4v) is 8.71. The number of likely N-dealkylation sites (tertiary alicyclic amines) is 1. The molecule has 5 aliphatic rings. The normalized spacial score (nSPS) is 34.2. The molecule has 0 N–H and O–H groups in total. The molecule has 3 aliphatic carbocycles. The second-order valence-electron chi connectivity index (χ2n) is 11.0. The van der Waals surface area contributed by atoms with E-state index in [0.717, 1.165) is 43.0 Å². The van der Waals surface area contributed by atoms with Crippen LogP contribution < -0.4 is 9.47 Å². The van der Waals surface area contributed by atoms with Crippen molar-refractivity contribution in [1.82, 2.24) is 4.90 Å². The van der Waals surface area contributed by atoms with Crippen LogP contribution >= 0.6 is 11.6 Å². The van der Waals surface area contributed by atoms with Gasteiger partial charge in [-0.15, -0.1) is 11.6 Å². The molecular weight excluding hydrogens is 498 g/mol. The molecule has 5 atom stereocenters. The van der Waals surface area contributed by atoms with Crippen molar-refractivity contribution in [1.29, 1.82) is 0 Å². The van der Waals surface area contributed by atoms with Gasteiger partial charge in [-0.25, -0.2) is 0 Å². The van der Waals surface area contributed by atoms with E-state index in [2.05, 4.69) is 11.0 Å². The standard InChI is InChI=1S/C28H30ClNO5S/c1-17-3-8-20(9-4-17)36(31,32)35-22-11-12-28(29)23-15-19-7-10-21(33-2)25-24(19)27(28,26(22)34-25)13-14-30(23)16-18-5-6-18/h3-4,7-12,18,22-23,26H,5-6,13-16H2,1-2H3/t22-,23+,26-,27?,28+/m0/s1. The zero-order chi connectivity index (χ0) is 24.9. The highest BCUT2D eigenvalue weighted by atomic mass is 35.5. The number of aryl methyl sites for hydroxylation is 1. The summed E-state index contributed by atoms with van der Waals surface area (Å²) >= 11 is 7.70. The van der Waals surface area contributed by atoms with Crippen LogP contribution in [-0.2, 0) is 26.1 Å². The Morgan fingerprint density at radius 1 is 1.17 bits per heavy atom. The van der Waals surface area contributed by atoms with Gasteiger partial charge in [0.1, 0.15) is 12.2 Å². The monoisotopic (exact) mass is 527 g/mol. The highest BCUT2D eigenvalue weighted by Crippen LogP contribution is 2.66. The lowest BCUT2D eigenvalue weighted by atomic mass is 9.52. The van der Waals surface area contributed by atoms with E-state index in [9.17, 15) is 8.42 Å². The van der Waals surface area contributed by atoms with Crippen molar-refractivity contribution in [3.63, 3.8) is 0 Å². The molecule has 0 amide bonds. The molecule has 1 spiro atoms. The van der Waals surface area contributed by atoms with Crippen LogP contribution in [0, 0.1) is 12.8 Å². The lowest BCUT2D eigenvalue weighted by molar-refractivity contribution is -0.0336. The maximum absolute atomic E-state index is 13.3. The summed E-state index contributed by atoms with van der Waals surface area (Å²) in [4.78, 5) is 1.98. The van der Waals surface area contributed by atoms with Gasteiger partial charge in [0.05, 0.1) is 22.3 Å². The van der Waals surface area contributed by atoms with Gasteiger partial charge in [0.25, 0.3) is 10.1 Å². The van der Waals surface area contributed by atoms with E-state index in [-0.39, 0.29) is 10.9 Å². The smallest absolute Gasteiger partial charge is 0.297 e. The van der Waals surface area contributed by atoms with Crippen LogP contribution in [-0.4, -0.2) is 56.6 Å². The molecular formula is C28H30ClNO5S. The van der Waals surface area contributed by atoms with Crippen molar-refractivity contribution in [3.05, 3.63) is 65.2 Å². The molecule has 0 aromatic heterocycles. The van der Waals surface area contributed by atoms with Gasteiger partial charge in [-0.05, 0) is 68.8 Å². The van der Waals surface area contributed by atoms with Crippen LogP contribution in [0.4, 0.5) is 0 Å². The van der Waals surface area contributed by atoms with Crippen LogP contribution in [0.25, 0.3) is 0 Å². The third-order valence-electron chi connectivity index (χ3n) is 8.98. The number of hydrogen-bond donors (Lipinski definition) is 0. The first-order valence-electron chi connectivity index (χ1n) is 12.8. The summed E-state index contributed by atoms with van der Waals surface area (Å²) in [5.41, 5.74) is 2.68. The van der Waals surface area contributed by atoms with Crippen molar-refractivity contribution in [2.24, 2.45) is 5.92 Å². The fourth-order valence-electron chi connectivity index (χ4n) is 7.09. The van der Waals surface area contributed by atoms with Gasteiger partial charge in [0.2, 0.25) is 0 Å². The van der Waals surface area contributed by atoms with Gasteiger partial charge < -0.3 is 9.47 Å². The molecule has 6 nitrogen and oxygen atoms in total. The SMILES string of the molecule is COc1ccc2c3c1O[C@H]1[C@@H](OS(=O)(=O)c4ccc(C)cc4)C=C[C@@]4(Cl)[C@@H](C2)N(CC2CC2)CCC314. The van der Waals surface area contributed by atoms with Crippen molar-refractivity contribution >= 4 is 21.7 Å². The highest BCUT2D eigenvalue weighted by Gasteiger charge is 2.72. The van der Waals surface area contributed by atoms with Gasteiger partial charge >= 0.3 is 0 Å². The average Bonchev–Trinajstić information content (AvgIpc) is 3.59. The molecule has 2 fully saturated rings. The summed E-state index contributed by atoms with van der Waals surface area (Å²) in [7, 11) is -2.38. The number of rotatable bonds is 6. The quantitative estimate of drug-likeness (QED) is 0.316. The molecule has 2 aromatic rings. The van der Waals surface area contributed by atoms with E-state index in [1.807, 2.05) is 25.1 Å². The molecule has 1 unspecified atom stereocenters. The minimum Gasteiger partial charge on any atom is -0.493 e. The molecule has 2 heterocycles. The maximum Gasteiger partial charge on any atom is 0.297 e. The van der Waals surface area contributed by atoms with Crippen molar-refractivity contribution < 1.29 is 22.1 Å². The Morgan fingerprint density at radius 2 is 1.94 bits per heavy atom. The van der Waals surface area contributed by atoms with Crippen LogP contribution in [0.15, 0.2) is 53.4 Å². The summed E-state index contributed by atoms with van der Waals surface area (Å²) < 4.78 is 44.9. The van der Waals surface area contributed by atoms with Crippen LogP contribution in [0.1, 0.15) is 36.0 Å². The summed E-state index contributed by atoms with van der Waals surface area (Å²) in [6, 6.07) is 10.9. The van der Waals surface area contributed by atoms with E-state index < -0.39 is 32.6 Å². The molecule has 190 valence electrons. The van der Waals surface area contributed by atoms with Gasteiger partial charge in [0.15, 0.2) is 11.5 Å². The molecule has 2 aromatic carbocycles. The van der Waals surface area contributed by atoms with Crippen molar-refractivity contribution in [2.45, 2.75) is 66.0 Å². The molecule has 1 saturated carbocycles. The van der Waals surface area contributed by atoms with Crippen molar-refractivity contribution in [3.8, 4) is 11.5 Å². The van der Waals surface area contributed by atoms with Crippen LogP contribution in [0.3, 0.4) is 0 Å². The van der Waals surface area contributed by atoms with E-state index in [4.69, 9.17) is 25.3 Å². The predicted molar refractivity (Wildman–Crippen MR) is 136 cm³/mol. The summed E-state index contributed by atoms with van der Waals surface area (Å²) in [5, 5.41) is 0. The molecule has 0 radical (unpaired) electrons. The third kappa shape index (κ3) is 3.06. The number of ether oxygens (including phenoxy) is 2. The van der Waals surface area contributed by atoms with Gasteiger partial charge in [-0.3, -0.25) is 9.08 Å². The Hall–Kier alpha value is -2.06. The number of halogens is 1. The topological polar surface area (TPSA) is 65.1 Å². The van der Waals surface area contributed by atoms with E-state index in [1.54, 1.807) is 31.4 Å². The minimum absolute atomic E-state index is 0.109. The predicted octanol–water partition coefficient (Wildman–Crippen LogP) is 4.36. The Morgan fingerprint density at radius 3 is 2.67 bits per heavy atom. The lowest BCUT2D eigenvalue weighted by Crippen LogP contribution is -2.73. The van der Waals surface area contributed by atoms with Gasteiger partial charge in [-0.2, -0.15) is 8.42 Å². The third-order valence-corrected chi connectivity index (χ3v) is 11.0. The van der Waals surface area contributed by atoms with E-state index in [0.29, 0.717) is 11.5 Å². The lowest BCUT2D eigenvalue weighted by Gasteiger charge is -2.61. The number of piperidine rings is 1. The molecule has 7 rings (SSSR count).